The molecule has 0 aliphatic rings. The first kappa shape index (κ1) is 9.70. The van der Waals surface area contributed by atoms with Gasteiger partial charge in [-0.25, -0.2) is 5.84 Å². The molecule has 13 heavy (non-hydrogen) atoms. The van der Waals surface area contributed by atoms with Crippen molar-refractivity contribution in [2.75, 3.05) is 0 Å². The highest BCUT2D eigenvalue weighted by molar-refractivity contribution is 5.82. The number of nitrogens with one attached hydrogen (secondary N) is 1. The molecule has 4 nitrogen and oxygen atoms in total. The topological polar surface area (TPSA) is 81.1 Å². The Morgan fingerprint density at radius 2 is 2.23 bits per heavy atom. The third kappa shape index (κ3) is 2.27. The monoisotopic (exact) mass is 179 g/mol. The fourth-order valence-electron chi connectivity index (χ4n) is 1.10. The maximum Gasteiger partial charge on any atom is 0.255 e. The highest BCUT2D eigenvalue weighted by Crippen LogP contribution is 2.11. The minimum Gasteiger partial charge on any atom is -0.316 e. The third-order valence-electron chi connectivity index (χ3n) is 1.83. The second kappa shape index (κ2) is 4.02. The number of carbonyl (C=O) groups excluding carboxylic acids is 1. The molecule has 0 heterocycles. The van der Waals surface area contributed by atoms with E-state index in [4.69, 9.17) is 11.6 Å². The quantitative estimate of drug-likeness (QED) is 0.339. The summed E-state index contributed by atoms with van der Waals surface area (Å²) in [4.78, 5) is 11.1. The molecular weight excluding hydrogens is 166 g/mol. The zero-order valence-electron chi connectivity index (χ0n) is 7.45. The molecule has 0 radical (unpaired) electrons. The summed E-state index contributed by atoms with van der Waals surface area (Å²) in [5.41, 5.74) is 9.48. The Labute approximate surface area is 76.9 Å². The highest BCUT2D eigenvalue weighted by Gasteiger charge is 2.13. The van der Waals surface area contributed by atoms with E-state index in [9.17, 15) is 4.79 Å². The lowest BCUT2D eigenvalue weighted by Gasteiger charge is -2.10. The fraction of sp³-hybridized carbons (Fsp3) is 0.222. The van der Waals surface area contributed by atoms with Crippen LogP contribution in [0.4, 0.5) is 0 Å². The first-order valence-corrected chi connectivity index (χ1v) is 3.97. The number of nitrogens with two attached hydrogens (primary N) is 2. The summed E-state index contributed by atoms with van der Waals surface area (Å²) in [7, 11) is 0. The van der Waals surface area contributed by atoms with E-state index in [2.05, 4.69) is 0 Å². The van der Waals surface area contributed by atoms with Gasteiger partial charge in [0.15, 0.2) is 0 Å². The molecule has 0 aliphatic heterocycles. The lowest BCUT2D eigenvalue weighted by molar-refractivity contribution is -0.122. The van der Waals surface area contributed by atoms with Gasteiger partial charge in [0, 0.05) is 0 Å². The van der Waals surface area contributed by atoms with Crippen LogP contribution in [0.5, 0.6) is 0 Å². The fourth-order valence-corrected chi connectivity index (χ4v) is 1.10. The van der Waals surface area contributed by atoms with E-state index in [0.717, 1.165) is 11.1 Å². The van der Waals surface area contributed by atoms with E-state index < -0.39 is 6.04 Å². The standard InChI is InChI=1S/C9H13N3O/c1-6-3-2-4-7(5-6)8(10)9(13)12-11/h2-5,8H,10-11H2,1H3,(H,12,13). The molecule has 1 unspecified atom stereocenters. The second-order valence-corrected chi connectivity index (χ2v) is 2.90. The Hall–Kier alpha value is -1.39. The highest BCUT2D eigenvalue weighted by atomic mass is 16.2. The zero-order chi connectivity index (χ0) is 9.84. The number of hydrazine groups is 1. The van der Waals surface area contributed by atoms with Gasteiger partial charge in [0.2, 0.25) is 0 Å². The first-order chi connectivity index (χ1) is 6.15. The van der Waals surface area contributed by atoms with E-state index in [-0.39, 0.29) is 5.91 Å². The van der Waals surface area contributed by atoms with Gasteiger partial charge in [-0.1, -0.05) is 29.8 Å². The van der Waals surface area contributed by atoms with Crippen LogP contribution in [-0.4, -0.2) is 5.91 Å². The summed E-state index contributed by atoms with van der Waals surface area (Å²) in [6, 6.07) is 6.77. The summed E-state index contributed by atoms with van der Waals surface area (Å²) in [5.74, 6) is 4.59. The number of hydrogen-bond acceptors (Lipinski definition) is 3. The Bertz CT molecular complexity index is 311. The van der Waals surface area contributed by atoms with Crippen molar-refractivity contribution in [1.29, 1.82) is 0 Å². The van der Waals surface area contributed by atoms with Gasteiger partial charge in [-0.05, 0) is 12.5 Å². The van der Waals surface area contributed by atoms with E-state index in [1.807, 2.05) is 30.5 Å². The van der Waals surface area contributed by atoms with Gasteiger partial charge in [-0.3, -0.25) is 10.2 Å². The summed E-state index contributed by atoms with van der Waals surface area (Å²) in [5, 5.41) is 0. The van der Waals surface area contributed by atoms with E-state index in [0.29, 0.717) is 0 Å². The average Bonchev–Trinajstić information content (AvgIpc) is 2.15. The molecule has 1 atom stereocenters. The van der Waals surface area contributed by atoms with Crippen LogP contribution in [0.25, 0.3) is 0 Å². The number of aryl methyl sites for hydroxylation is 1. The van der Waals surface area contributed by atoms with Crippen molar-refractivity contribution in [3.63, 3.8) is 0 Å². The normalized spacial score (nSPS) is 12.2. The molecule has 0 fully saturated rings. The molecule has 0 saturated carbocycles. The van der Waals surface area contributed by atoms with Gasteiger partial charge < -0.3 is 5.73 Å². The average molecular weight is 179 g/mol. The van der Waals surface area contributed by atoms with E-state index in [1.54, 1.807) is 6.07 Å². The van der Waals surface area contributed by atoms with Gasteiger partial charge in [-0.15, -0.1) is 0 Å². The van der Waals surface area contributed by atoms with Crippen LogP contribution in [-0.2, 0) is 4.79 Å². The van der Waals surface area contributed by atoms with E-state index in [1.165, 1.54) is 0 Å². The second-order valence-electron chi connectivity index (χ2n) is 2.90. The van der Waals surface area contributed by atoms with Crippen molar-refractivity contribution in [3.8, 4) is 0 Å². The summed E-state index contributed by atoms with van der Waals surface area (Å²) >= 11 is 0. The molecule has 0 spiro atoms. The number of rotatable bonds is 2. The summed E-state index contributed by atoms with van der Waals surface area (Å²) in [6.45, 7) is 1.94. The van der Waals surface area contributed by atoms with Crippen LogP contribution in [0.1, 0.15) is 17.2 Å². The number of hydrogen-bond donors (Lipinski definition) is 3. The van der Waals surface area contributed by atoms with Gasteiger partial charge in [0.05, 0.1) is 0 Å². The Morgan fingerprint density at radius 3 is 2.77 bits per heavy atom. The molecule has 4 heteroatoms. The number of benzene rings is 1. The molecule has 0 bridgehead atoms. The maximum atomic E-state index is 11.1. The predicted molar refractivity (Wildman–Crippen MR) is 50.4 cm³/mol. The van der Waals surface area contributed by atoms with Crippen LogP contribution < -0.4 is 17.0 Å². The summed E-state index contributed by atoms with van der Waals surface area (Å²) in [6.07, 6.45) is 0. The van der Waals surface area contributed by atoms with Crippen LogP contribution in [0.3, 0.4) is 0 Å². The molecule has 1 rings (SSSR count). The SMILES string of the molecule is Cc1cccc(C(N)C(=O)NN)c1. The molecule has 0 aromatic heterocycles. The molecule has 0 aliphatic carbocycles. The lowest BCUT2D eigenvalue weighted by atomic mass is 10.1. The van der Waals surface area contributed by atoms with Crippen LogP contribution in [0.2, 0.25) is 0 Å². The molecule has 1 aromatic carbocycles. The van der Waals surface area contributed by atoms with Crippen LogP contribution >= 0.6 is 0 Å². The van der Waals surface area contributed by atoms with Crippen molar-refractivity contribution in [3.05, 3.63) is 35.4 Å². The largest absolute Gasteiger partial charge is 0.316 e. The zero-order valence-corrected chi connectivity index (χ0v) is 7.45. The number of carbonyl (C=O) groups is 1. The summed E-state index contributed by atoms with van der Waals surface area (Å²) < 4.78 is 0. The molecule has 1 amide bonds. The Morgan fingerprint density at radius 1 is 1.54 bits per heavy atom. The third-order valence-corrected chi connectivity index (χ3v) is 1.83. The van der Waals surface area contributed by atoms with E-state index >= 15 is 0 Å². The smallest absolute Gasteiger partial charge is 0.255 e. The lowest BCUT2D eigenvalue weighted by Crippen LogP contribution is -2.38. The van der Waals surface area contributed by atoms with Gasteiger partial charge in [0.25, 0.3) is 5.91 Å². The molecule has 0 saturated heterocycles. The van der Waals surface area contributed by atoms with Crippen molar-refractivity contribution >= 4 is 5.91 Å². The minimum absolute atomic E-state index is 0.384. The van der Waals surface area contributed by atoms with Gasteiger partial charge in [0.1, 0.15) is 6.04 Å². The molecule has 1 aromatic rings. The molecule has 70 valence electrons. The number of amides is 1. The van der Waals surface area contributed by atoms with Crippen molar-refractivity contribution in [2.24, 2.45) is 11.6 Å². The van der Waals surface area contributed by atoms with Gasteiger partial charge in [-0.2, -0.15) is 0 Å². The molecule has 5 N–H and O–H groups in total. The Balaban J connectivity index is 2.88. The van der Waals surface area contributed by atoms with Crippen molar-refractivity contribution in [2.45, 2.75) is 13.0 Å². The first-order valence-electron chi connectivity index (χ1n) is 3.97. The predicted octanol–water partition coefficient (Wildman–Crippen LogP) is -0.0153. The van der Waals surface area contributed by atoms with Gasteiger partial charge >= 0.3 is 0 Å². The Kier molecular flexibility index (Phi) is 3.00. The van der Waals surface area contributed by atoms with Crippen LogP contribution in [0.15, 0.2) is 24.3 Å². The van der Waals surface area contributed by atoms with Crippen LogP contribution in [0, 0.1) is 6.92 Å². The van der Waals surface area contributed by atoms with Crippen molar-refractivity contribution < 1.29 is 4.79 Å². The minimum atomic E-state index is -0.690. The maximum absolute atomic E-state index is 11.1. The molecular formula is C9H13N3O. The van der Waals surface area contributed by atoms with Crippen molar-refractivity contribution in [1.82, 2.24) is 5.43 Å².